The summed E-state index contributed by atoms with van der Waals surface area (Å²) in [6.45, 7) is 1.94. The predicted octanol–water partition coefficient (Wildman–Crippen LogP) is 2.82. The average molecular weight is 339 g/mol. The molecule has 0 amide bonds. The van der Waals surface area contributed by atoms with E-state index in [4.69, 9.17) is 5.10 Å². The Morgan fingerprint density at radius 3 is 2.64 bits per heavy atom. The minimum absolute atomic E-state index is 0.0708. The van der Waals surface area contributed by atoms with E-state index in [-0.39, 0.29) is 11.6 Å². The molecule has 6 nitrogen and oxygen atoms in total. The second-order valence-corrected chi connectivity index (χ2v) is 7.32. The van der Waals surface area contributed by atoms with Crippen LogP contribution in [0.1, 0.15) is 61.5 Å². The second-order valence-electron chi connectivity index (χ2n) is 7.32. The zero-order valence-electron chi connectivity index (χ0n) is 14.7. The fourth-order valence-electron chi connectivity index (χ4n) is 3.99. The summed E-state index contributed by atoms with van der Waals surface area (Å²) >= 11 is 0. The maximum Gasteiger partial charge on any atom is 0.267 e. The van der Waals surface area contributed by atoms with Gasteiger partial charge in [0.25, 0.3) is 5.56 Å². The first kappa shape index (κ1) is 16.2. The molecule has 1 N–H and O–H groups in total. The summed E-state index contributed by atoms with van der Waals surface area (Å²) in [6.07, 6.45) is 8.37. The molecule has 0 bridgehead atoms. The Bertz CT molecular complexity index is 790. The third-order valence-corrected chi connectivity index (χ3v) is 5.42. The van der Waals surface area contributed by atoms with Gasteiger partial charge in [0.05, 0.1) is 17.4 Å². The Balaban J connectivity index is 1.42. The number of aryl methyl sites for hydroxylation is 3. The standard InChI is InChI=1S/C19H25N5O/c1-13-6-11-18(22-21-13)20-15-7-9-16(10-8-15)24-19(25)12-14-4-2-3-5-17(14)23-24/h6,11-12,15-16H,2-5,7-10H2,1H3,(H,20,22). The highest BCUT2D eigenvalue weighted by atomic mass is 16.1. The van der Waals surface area contributed by atoms with Gasteiger partial charge in [0.2, 0.25) is 0 Å². The van der Waals surface area contributed by atoms with Crippen LogP contribution in [0.25, 0.3) is 0 Å². The van der Waals surface area contributed by atoms with Crippen LogP contribution in [-0.4, -0.2) is 26.0 Å². The number of fused-ring (bicyclic) bond motifs is 1. The lowest BCUT2D eigenvalue weighted by Crippen LogP contribution is -2.34. The van der Waals surface area contributed by atoms with E-state index in [1.807, 2.05) is 25.1 Å². The highest BCUT2D eigenvalue weighted by Gasteiger charge is 2.25. The number of nitrogens with zero attached hydrogens (tertiary/aromatic N) is 4. The minimum Gasteiger partial charge on any atom is -0.366 e. The summed E-state index contributed by atoms with van der Waals surface area (Å²) in [5.41, 5.74) is 3.30. The van der Waals surface area contributed by atoms with Gasteiger partial charge in [0, 0.05) is 12.1 Å². The summed E-state index contributed by atoms with van der Waals surface area (Å²) in [7, 11) is 0. The smallest absolute Gasteiger partial charge is 0.267 e. The molecule has 2 heterocycles. The highest BCUT2D eigenvalue weighted by Crippen LogP contribution is 2.29. The van der Waals surface area contributed by atoms with Crippen molar-refractivity contribution in [3.05, 3.63) is 45.5 Å². The first-order valence-corrected chi connectivity index (χ1v) is 9.37. The maximum absolute atomic E-state index is 12.5. The average Bonchev–Trinajstić information content (AvgIpc) is 2.64. The van der Waals surface area contributed by atoms with Crippen molar-refractivity contribution in [1.82, 2.24) is 20.0 Å². The van der Waals surface area contributed by atoms with Crippen molar-refractivity contribution in [2.45, 2.75) is 70.4 Å². The largest absolute Gasteiger partial charge is 0.366 e. The Kier molecular flexibility index (Phi) is 4.51. The SMILES string of the molecule is Cc1ccc(NC2CCC(n3nc4c(cc3=O)CCCC4)CC2)nn1. The molecule has 1 fully saturated rings. The molecule has 0 atom stereocenters. The Morgan fingerprint density at radius 1 is 1.08 bits per heavy atom. The molecule has 2 aliphatic carbocycles. The molecule has 0 aromatic carbocycles. The van der Waals surface area contributed by atoms with Crippen LogP contribution in [0.2, 0.25) is 0 Å². The van der Waals surface area contributed by atoms with Crippen LogP contribution in [0.15, 0.2) is 23.0 Å². The Morgan fingerprint density at radius 2 is 1.88 bits per heavy atom. The molecule has 0 spiro atoms. The number of rotatable bonds is 3. The molecular weight excluding hydrogens is 314 g/mol. The van der Waals surface area contributed by atoms with Crippen molar-refractivity contribution in [3.8, 4) is 0 Å². The first-order chi connectivity index (χ1) is 12.2. The molecular formula is C19H25N5O. The maximum atomic E-state index is 12.5. The highest BCUT2D eigenvalue weighted by molar-refractivity contribution is 5.34. The Labute approximate surface area is 147 Å². The number of anilines is 1. The van der Waals surface area contributed by atoms with E-state index in [2.05, 4.69) is 15.5 Å². The van der Waals surface area contributed by atoms with Crippen molar-refractivity contribution in [2.75, 3.05) is 5.32 Å². The van der Waals surface area contributed by atoms with Gasteiger partial charge in [-0.15, -0.1) is 5.10 Å². The minimum atomic E-state index is 0.0708. The molecule has 2 aliphatic rings. The van der Waals surface area contributed by atoms with Gasteiger partial charge in [-0.2, -0.15) is 10.2 Å². The molecule has 0 radical (unpaired) electrons. The molecule has 2 aromatic heterocycles. The quantitative estimate of drug-likeness (QED) is 0.931. The molecule has 0 saturated heterocycles. The zero-order chi connectivity index (χ0) is 17.2. The number of nitrogens with one attached hydrogen (secondary N) is 1. The van der Waals surface area contributed by atoms with Crippen molar-refractivity contribution < 1.29 is 0 Å². The van der Waals surface area contributed by atoms with E-state index in [0.29, 0.717) is 6.04 Å². The van der Waals surface area contributed by atoms with Gasteiger partial charge in [-0.05, 0) is 76.0 Å². The second kappa shape index (κ2) is 6.94. The van der Waals surface area contributed by atoms with E-state index >= 15 is 0 Å². The number of hydrogen-bond donors (Lipinski definition) is 1. The van der Waals surface area contributed by atoms with Crippen LogP contribution in [0.5, 0.6) is 0 Å². The van der Waals surface area contributed by atoms with Crippen LogP contribution in [0, 0.1) is 6.92 Å². The zero-order valence-corrected chi connectivity index (χ0v) is 14.7. The third kappa shape index (κ3) is 3.57. The fourth-order valence-corrected chi connectivity index (χ4v) is 3.99. The predicted molar refractivity (Wildman–Crippen MR) is 96.8 cm³/mol. The molecule has 25 heavy (non-hydrogen) atoms. The molecule has 4 rings (SSSR count). The van der Waals surface area contributed by atoms with Gasteiger partial charge in [0.15, 0.2) is 0 Å². The van der Waals surface area contributed by atoms with E-state index in [1.54, 1.807) is 4.68 Å². The summed E-state index contributed by atoms with van der Waals surface area (Å²) in [6, 6.07) is 6.39. The molecule has 132 valence electrons. The summed E-state index contributed by atoms with van der Waals surface area (Å²) in [4.78, 5) is 12.5. The van der Waals surface area contributed by atoms with Gasteiger partial charge < -0.3 is 5.32 Å². The van der Waals surface area contributed by atoms with E-state index < -0.39 is 0 Å². The third-order valence-electron chi connectivity index (χ3n) is 5.42. The van der Waals surface area contributed by atoms with Gasteiger partial charge in [-0.3, -0.25) is 4.79 Å². The monoisotopic (exact) mass is 339 g/mol. The van der Waals surface area contributed by atoms with Crippen LogP contribution < -0.4 is 10.9 Å². The lowest BCUT2D eigenvalue weighted by molar-refractivity contribution is 0.300. The summed E-state index contributed by atoms with van der Waals surface area (Å²) in [5, 5.41) is 16.5. The fraction of sp³-hybridized carbons (Fsp3) is 0.579. The van der Waals surface area contributed by atoms with Crippen molar-refractivity contribution in [2.24, 2.45) is 0 Å². The van der Waals surface area contributed by atoms with Crippen molar-refractivity contribution in [1.29, 1.82) is 0 Å². The van der Waals surface area contributed by atoms with E-state index in [1.165, 1.54) is 18.4 Å². The van der Waals surface area contributed by atoms with E-state index in [9.17, 15) is 4.79 Å². The van der Waals surface area contributed by atoms with Crippen LogP contribution in [0.4, 0.5) is 5.82 Å². The topological polar surface area (TPSA) is 72.7 Å². The molecule has 0 aliphatic heterocycles. The molecule has 0 unspecified atom stereocenters. The van der Waals surface area contributed by atoms with Crippen molar-refractivity contribution >= 4 is 5.82 Å². The molecule has 1 saturated carbocycles. The van der Waals surface area contributed by atoms with Crippen LogP contribution in [0.3, 0.4) is 0 Å². The lowest BCUT2D eigenvalue weighted by atomic mass is 9.91. The Hall–Kier alpha value is -2.24. The summed E-state index contributed by atoms with van der Waals surface area (Å²) in [5.74, 6) is 0.832. The van der Waals surface area contributed by atoms with E-state index in [0.717, 1.165) is 55.7 Å². The first-order valence-electron chi connectivity index (χ1n) is 9.37. The van der Waals surface area contributed by atoms with Gasteiger partial charge in [-0.25, -0.2) is 4.68 Å². The summed E-state index contributed by atoms with van der Waals surface area (Å²) < 4.78 is 1.76. The molecule has 2 aromatic rings. The number of aromatic nitrogens is 4. The normalized spacial score (nSPS) is 23.1. The van der Waals surface area contributed by atoms with Gasteiger partial charge >= 0.3 is 0 Å². The van der Waals surface area contributed by atoms with Crippen LogP contribution >= 0.6 is 0 Å². The number of hydrogen-bond acceptors (Lipinski definition) is 5. The van der Waals surface area contributed by atoms with Crippen molar-refractivity contribution in [3.63, 3.8) is 0 Å². The molecule has 6 heteroatoms. The van der Waals surface area contributed by atoms with Gasteiger partial charge in [-0.1, -0.05) is 0 Å². The van der Waals surface area contributed by atoms with Crippen LogP contribution in [-0.2, 0) is 12.8 Å². The van der Waals surface area contributed by atoms with Gasteiger partial charge in [0.1, 0.15) is 5.82 Å². The lowest BCUT2D eigenvalue weighted by Gasteiger charge is -2.30.